The van der Waals surface area contributed by atoms with Crippen LogP contribution in [0.4, 0.5) is 4.79 Å². The van der Waals surface area contributed by atoms with Crippen molar-refractivity contribution in [2.75, 3.05) is 19.3 Å². The second kappa shape index (κ2) is 10.5. The normalized spacial score (nSPS) is 19.2. The smallest absolute Gasteiger partial charge is 0.317 e. The van der Waals surface area contributed by atoms with Gasteiger partial charge in [-0.1, -0.05) is 30.3 Å². The lowest BCUT2D eigenvalue weighted by Gasteiger charge is -2.41. The van der Waals surface area contributed by atoms with Gasteiger partial charge in [-0.15, -0.1) is 0 Å². The molecule has 2 aromatic carbocycles. The van der Waals surface area contributed by atoms with Crippen molar-refractivity contribution in [3.8, 4) is 11.5 Å². The summed E-state index contributed by atoms with van der Waals surface area (Å²) in [6, 6.07) is 15.0. The first kappa shape index (κ1) is 25.0. The molecule has 0 radical (unpaired) electrons. The molecule has 0 unspecified atom stereocenters. The average molecular weight is 496 g/mol. The van der Waals surface area contributed by atoms with Crippen molar-refractivity contribution >= 4 is 24.0 Å². The predicted octanol–water partition coefficient (Wildman–Crippen LogP) is 2.46. The Kier molecular flexibility index (Phi) is 7.98. The minimum atomic E-state index is -4.59. The highest BCUT2D eigenvalue weighted by molar-refractivity contribution is 8.66. The second-order valence-electron chi connectivity index (χ2n) is 7.89. The van der Waals surface area contributed by atoms with Gasteiger partial charge < -0.3 is 15.0 Å². The number of amides is 2. The summed E-state index contributed by atoms with van der Waals surface area (Å²) in [5.41, 5.74) is 0.827. The van der Waals surface area contributed by atoms with Crippen molar-refractivity contribution in [3.05, 3.63) is 60.2 Å². The number of hydrogen-bond donors (Lipinski definition) is 2. The van der Waals surface area contributed by atoms with Crippen LogP contribution < -0.4 is 14.8 Å². The molecule has 1 aliphatic rings. The monoisotopic (exact) mass is 495 g/mol. The third-order valence-corrected chi connectivity index (χ3v) is 9.45. The Morgan fingerprint density at radius 3 is 2.42 bits per heavy atom. The van der Waals surface area contributed by atoms with Crippen molar-refractivity contribution in [1.29, 1.82) is 0 Å². The lowest BCUT2D eigenvalue weighted by Crippen LogP contribution is -2.60. The number of likely N-dealkylation sites (tertiary alicyclic amines) is 1. The molecule has 9 nitrogen and oxygen atoms in total. The van der Waals surface area contributed by atoms with Crippen molar-refractivity contribution in [1.82, 2.24) is 14.9 Å². The van der Waals surface area contributed by atoms with Crippen LogP contribution in [0.15, 0.2) is 54.6 Å². The van der Waals surface area contributed by atoms with Gasteiger partial charge in [0.15, 0.2) is 0 Å². The van der Waals surface area contributed by atoms with Gasteiger partial charge in [0.1, 0.15) is 11.5 Å². The fourth-order valence-electron chi connectivity index (χ4n) is 3.83. The van der Waals surface area contributed by atoms with Crippen molar-refractivity contribution in [3.63, 3.8) is 0 Å². The van der Waals surface area contributed by atoms with Crippen LogP contribution in [-0.2, 0) is 24.3 Å². The largest absolute Gasteiger partial charge is 0.457 e. The van der Waals surface area contributed by atoms with E-state index in [9.17, 15) is 21.6 Å². The average Bonchev–Trinajstić information content (AvgIpc) is 2.75. The second-order valence-corrected chi connectivity index (χ2v) is 13.6. The maximum absolute atomic E-state index is 12.7. The number of nitrogens with zero attached hydrogens (tertiary/aromatic N) is 1. The number of nitrogens with one attached hydrogen (secondary N) is 2. The van der Waals surface area contributed by atoms with E-state index < -0.39 is 30.0 Å². The molecule has 180 valence electrons. The topological polar surface area (TPSA) is 122 Å². The van der Waals surface area contributed by atoms with Crippen LogP contribution in [0.2, 0.25) is 0 Å². The van der Waals surface area contributed by atoms with E-state index in [-0.39, 0.29) is 6.03 Å². The summed E-state index contributed by atoms with van der Waals surface area (Å²) in [5, 5.41) is 2.76. The number of benzene rings is 2. The van der Waals surface area contributed by atoms with Gasteiger partial charge in [0.05, 0.1) is 12.3 Å². The molecule has 2 N–H and O–H groups in total. The van der Waals surface area contributed by atoms with Crippen molar-refractivity contribution in [2.24, 2.45) is 0 Å². The first-order chi connectivity index (χ1) is 15.6. The number of urea groups is 1. The lowest BCUT2D eigenvalue weighted by molar-refractivity contribution is 0.134. The predicted molar refractivity (Wildman–Crippen MR) is 126 cm³/mol. The zero-order valence-corrected chi connectivity index (χ0v) is 20.2. The summed E-state index contributed by atoms with van der Waals surface area (Å²) in [7, 11) is -8.96. The molecule has 3 rings (SSSR count). The van der Waals surface area contributed by atoms with Gasteiger partial charge in [0, 0.05) is 19.1 Å². The molecular weight excluding hydrogens is 466 g/mol. The van der Waals surface area contributed by atoms with Crippen LogP contribution in [0.5, 0.6) is 11.5 Å². The van der Waals surface area contributed by atoms with Gasteiger partial charge in [0.2, 0.25) is 0 Å². The van der Waals surface area contributed by atoms with E-state index in [0.717, 1.165) is 5.56 Å². The standard InChI is InChI=1S/C22H29N3O6S2/c1-3-23-22(26)25-14-8-13-20(24-33(29,30)32(2,27)28)21(25)16-17-9-7-12-19(15-17)31-18-10-5-4-6-11-18/h4-7,9-12,15,20-21,24H,3,8,13-14,16H2,1-2H3,(H,23,26)/t20-,21-/m1/s1. The molecule has 0 saturated carbocycles. The molecule has 0 aromatic heterocycles. The number of piperidine rings is 1. The van der Waals surface area contributed by atoms with Gasteiger partial charge in [-0.2, -0.15) is 13.1 Å². The summed E-state index contributed by atoms with van der Waals surface area (Å²) in [6.07, 6.45) is 1.93. The van der Waals surface area contributed by atoms with Gasteiger partial charge in [-0.05, 0) is 56.0 Å². The molecule has 1 fully saturated rings. The molecule has 11 heteroatoms. The van der Waals surface area contributed by atoms with E-state index in [1.54, 1.807) is 11.8 Å². The highest BCUT2D eigenvalue weighted by Gasteiger charge is 2.38. The number of hydrogen-bond acceptors (Lipinski definition) is 6. The third kappa shape index (κ3) is 6.46. The van der Waals surface area contributed by atoms with Crippen LogP contribution in [0.3, 0.4) is 0 Å². The van der Waals surface area contributed by atoms with E-state index in [1.165, 1.54) is 0 Å². The van der Waals surface area contributed by atoms with Gasteiger partial charge >= 0.3 is 15.1 Å². The molecule has 0 aliphatic carbocycles. The van der Waals surface area contributed by atoms with Crippen LogP contribution in [0.25, 0.3) is 0 Å². The number of carbonyl (C=O) groups is 1. The molecular formula is C22H29N3O6S2. The zero-order valence-electron chi connectivity index (χ0n) is 18.6. The minimum Gasteiger partial charge on any atom is -0.457 e. The maximum Gasteiger partial charge on any atom is 0.317 e. The fraction of sp³-hybridized carbons (Fsp3) is 0.409. The lowest BCUT2D eigenvalue weighted by atomic mass is 9.91. The third-order valence-electron chi connectivity index (χ3n) is 5.38. The number of carbonyl (C=O) groups excluding carboxylic acids is 1. The highest BCUT2D eigenvalue weighted by Crippen LogP contribution is 2.26. The van der Waals surface area contributed by atoms with Crippen molar-refractivity contribution < 1.29 is 26.4 Å². The Morgan fingerprint density at radius 1 is 1.06 bits per heavy atom. The fourth-order valence-corrected chi connectivity index (χ4v) is 5.54. The summed E-state index contributed by atoms with van der Waals surface area (Å²) < 4.78 is 56.4. The Morgan fingerprint density at radius 2 is 1.76 bits per heavy atom. The molecule has 0 spiro atoms. The molecule has 0 bridgehead atoms. The summed E-state index contributed by atoms with van der Waals surface area (Å²) in [4.78, 5) is 14.3. The molecule has 2 atom stereocenters. The van der Waals surface area contributed by atoms with E-state index in [1.807, 2.05) is 54.6 Å². The highest BCUT2D eigenvalue weighted by atomic mass is 33.2. The van der Waals surface area contributed by atoms with Gasteiger partial charge in [0.25, 0.3) is 8.87 Å². The number of ether oxygens (including phenoxy) is 1. The van der Waals surface area contributed by atoms with E-state index in [4.69, 9.17) is 4.74 Å². The van der Waals surface area contributed by atoms with Crippen LogP contribution in [-0.4, -0.2) is 59.2 Å². The first-order valence-electron chi connectivity index (χ1n) is 10.7. The number of para-hydroxylation sites is 1. The van der Waals surface area contributed by atoms with Crippen LogP contribution in [0, 0.1) is 0 Å². The minimum absolute atomic E-state index is 0.317. The summed E-state index contributed by atoms with van der Waals surface area (Å²) in [6.45, 7) is 2.65. The molecule has 2 aromatic rings. The SMILES string of the molecule is CCNC(=O)N1CCC[C@@H](NS(=O)(=O)S(C)(=O)=O)[C@H]1Cc1cccc(Oc2ccccc2)c1. The Bertz CT molecular complexity index is 1170. The van der Waals surface area contributed by atoms with Crippen LogP contribution in [0.1, 0.15) is 25.3 Å². The molecule has 1 aliphatic heterocycles. The van der Waals surface area contributed by atoms with E-state index in [2.05, 4.69) is 10.0 Å². The van der Waals surface area contributed by atoms with E-state index >= 15 is 0 Å². The van der Waals surface area contributed by atoms with E-state index in [0.29, 0.717) is 50.1 Å². The van der Waals surface area contributed by atoms with Gasteiger partial charge in [-0.3, -0.25) is 0 Å². The molecule has 2 amide bonds. The zero-order chi connectivity index (χ0) is 24.1. The Labute approximate surface area is 194 Å². The number of rotatable bonds is 8. The Hall–Kier alpha value is -2.63. The van der Waals surface area contributed by atoms with Gasteiger partial charge in [-0.25, -0.2) is 13.2 Å². The molecule has 1 heterocycles. The first-order valence-corrected chi connectivity index (χ1v) is 14.6. The Balaban J connectivity index is 1.88. The molecule has 33 heavy (non-hydrogen) atoms. The summed E-state index contributed by atoms with van der Waals surface area (Å²) >= 11 is 0. The quantitative estimate of drug-likeness (QED) is 0.543. The summed E-state index contributed by atoms with van der Waals surface area (Å²) in [5.74, 6) is 1.28. The van der Waals surface area contributed by atoms with Crippen LogP contribution >= 0.6 is 0 Å². The maximum atomic E-state index is 12.7. The van der Waals surface area contributed by atoms with Crippen molar-refractivity contribution in [2.45, 2.75) is 38.3 Å². The molecule has 1 saturated heterocycles.